The van der Waals surface area contributed by atoms with Crippen LogP contribution in [0.4, 0.5) is 8.78 Å². The second kappa shape index (κ2) is 13.7. The third kappa shape index (κ3) is 5.75. The second-order valence-corrected chi connectivity index (χ2v) is 18.3. The minimum absolute atomic E-state index is 0.0359. The molecule has 55 heavy (non-hydrogen) atoms. The molecule has 3 aromatic rings. The van der Waals surface area contributed by atoms with E-state index >= 15 is 0 Å². The van der Waals surface area contributed by atoms with Gasteiger partial charge in [0.05, 0.1) is 32.3 Å². The summed E-state index contributed by atoms with van der Waals surface area (Å²) in [7, 11) is 3.14. The lowest BCUT2D eigenvalue weighted by Gasteiger charge is -2.71. The van der Waals surface area contributed by atoms with Crippen molar-refractivity contribution in [3.8, 4) is 11.5 Å². The first-order valence-corrected chi connectivity index (χ1v) is 20.5. The van der Waals surface area contributed by atoms with Crippen molar-refractivity contribution in [2.45, 2.75) is 83.3 Å². The molecule has 6 aliphatic carbocycles. The standard InChI is InChI=1S/C45H51F2NO6S/c1-41-15-11-30(49)25-43(41)18-19-45(32(26-43)40(51)29-8-9-33(46)34(47)24-29)37(41)12-16-42(2)38(45)13-17-44(42,52)27-48(20-14-31-6-5-21-55-31)39(50)23-28-7-10-35(53-3)36(22-28)54-4/h5-10,18-19,21-22,24,26,30,37-38,49,52H,11-17,20,23,25,27H2,1-4H3/t30?,37-,38-,41-,42+,43+,44-,45-/m1/s1. The molecule has 1 amide bonds. The summed E-state index contributed by atoms with van der Waals surface area (Å²) in [6.45, 7) is 5.03. The number of Topliss-reactive ketones (excluding diaryl/α,β-unsaturated/α-hetero) is 1. The zero-order chi connectivity index (χ0) is 39.0. The number of amides is 1. The number of carbonyl (C=O) groups excluding carboxylic acids is 2. The largest absolute Gasteiger partial charge is 0.493 e. The number of hydrogen-bond acceptors (Lipinski definition) is 7. The van der Waals surface area contributed by atoms with Crippen LogP contribution in [0.25, 0.3) is 0 Å². The molecule has 3 fully saturated rings. The number of rotatable bonds is 11. The average molecular weight is 772 g/mol. The van der Waals surface area contributed by atoms with E-state index in [-0.39, 0.29) is 47.5 Å². The van der Waals surface area contributed by atoms with Crippen LogP contribution in [0.2, 0.25) is 0 Å². The maximum absolute atomic E-state index is 14.8. The van der Waals surface area contributed by atoms with Crippen molar-refractivity contribution in [3.63, 3.8) is 0 Å². The van der Waals surface area contributed by atoms with Crippen LogP contribution in [0.5, 0.6) is 11.5 Å². The van der Waals surface area contributed by atoms with E-state index < -0.39 is 39.6 Å². The topological polar surface area (TPSA) is 96.3 Å². The summed E-state index contributed by atoms with van der Waals surface area (Å²) in [5.41, 5.74) is -2.09. The highest BCUT2D eigenvalue weighted by Crippen LogP contribution is 2.78. The molecule has 9 rings (SSSR count). The van der Waals surface area contributed by atoms with Crippen molar-refractivity contribution < 1.29 is 38.1 Å². The number of nitrogens with zero attached hydrogens (tertiary/aromatic N) is 1. The number of carbonyl (C=O) groups is 2. The molecule has 2 aromatic carbocycles. The number of aliphatic hydroxyl groups is 2. The fourth-order valence-corrected chi connectivity index (χ4v) is 12.7. The van der Waals surface area contributed by atoms with Crippen molar-refractivity contribution in [1.82, 2.24) is 4.90 Å². The summed E-state index contributed by atoms with van der Waals surface area (Å²) in [4.78, 5) is 32.1. The lowest BCUT2D eigenvalue weighted by molar-refractivity contribution is -0.178. The zero-order valence-corrected chi connectivity index (χ0v) is 32.9. The van der Waals surface area contributed by atoms with E-state index in [0.717, 1.165) is 35.4 Å². The molecule has 1 aromatic heterocycles. The van der Waals surface area contributed by atoms with Crippen LogP contribution in [0.15, 0.2) is 77.7 Å². The maximum Gasteiger partial charge on any atom is 0.227 e. The van der Waals surface area contributed by atoms with Crippen LogP contribution in [0.1, 0.15) is 79.6 Å². The Bertz CT molecular complexity index is 2070. The molecule has 7 nitrogen and oxygen atoms in total. The van der Waals surface area contributed by atoms with Gasteiger partial charge in [-0.3, -0.25) is 9.59 Å². The van der Waals surface area contributed by atoms with Gasteiger partial charge in [-0.1, -0.05) is 44.2 Å². The second-order valence-electron chi connectivity index (χ2n) is 17.3. The third-order valence-electron chi connectivity index (χ3n) is 15.0. The maximum atomic E-state index is 14.8. The van der Waals surface area contributed by atoms with E-state index in [9.17, 15) is 28.6 Å². The van der Waals surface area contributed by atoms with Gasteiger partial charge in [0.2, 0.25) is 5.91 Å². The number of thiophene rings is 1. The Balaban J connectivity index is 1.16. The number of hydrogen-bond donors (Lipinski definition) is 2. The molecule has 3 saturated carbocycles. The first kappa shape index (κ1) is 38.0. The molecular weight excluding hydrogens is 721 g/mol. The van der Waals surface area contributed by atoms with Crippen LogP contribution in [0, 0.1) is 45.1 Å². The zero-order valence-electron chi connectivity index (χ0n) is 32.1. The first-order chi connectivity index (χ1) is 26.2. The lowest BCUT2D eigenvalue weighted by Crippen LogP contribution is -2.67. The van der Waals surface area contributed by atoms with Gasteiger partial charge in [0.15, 0.2) is 28.9 Å². The Hall–Kier alpha value is -3.86. The quantitative estimate of drug-likeness (QED) is 0.151. The van der Waals surface area contributed by atoms with E-state index in [1.165, 1.54) is 6.07 Å². The van der Waals surface area contributed by atoms with Gasteiger partial charge in [-0.25, -0.2) is 8.78 Å². The van der Waals surface area contributed by atoms with E-state index in [4.69, 9.17) is 9.47 Å². The van der Waals surface area contributed by atoms with Crippen molar-refractivity contribution in [1.29, 1.82) is 0 Å². The van der Waals surface area contributed by atoms with Gasteiger partial charge in [0.25, 0.3) is 0 Å². The Kier molecular flexibility index (Phi) is 9.45. The molecule has 292 valence electrons. The predicted molar refractivity (Wildman–Crippen MR) is 207 cm³/mol. The normalized spacial score (nSPS) is 34.3. The smallest absolute Gasteiger partial charge is 0.227 e. The Morgan fingerprint density at radius 3 is 2.38 bits per heavy atom. The molecule has 8 atom stereocenters. The highest BCUT2D eigenvalue weighted by Gasteiger charge is 2.74. The number of allylic oxidation sites excluding steroid dienone is 4. The average Bonchev–Trinajstić information content (AvgIpc) is 3.79. The lowest BCUT2D eigenvalue weighted by atomic mass is 9.32. The molecule has 2 N–H and O–H groups in total. The molecule has 2 bridgehead atoms. The summed E-state index contributed by atoms with van der Waals surface area (Å²) in [6, 6.07) is 12.9. The molecule has 10 heteroatoms. The number of aliphatic hydroxyl groups excluding tert-OH is 1. The van der Waals surface area contributed by atoms with Crippen molar-refractivity contribution in [2.24, 2.45) is 33.5 Å². The van der Waals surface area contributed by atoms with Crippen LogP contribution in [0.3, 0.4) is 0 Å². The minimum atomic E-state index is -1.26. The van der Waals surface area contributed by atoms with Crippen molar-refractivity contribution in [3.05, 3.63) is 105 Å². The number of ether oxygens (including phenoxy) is 2. The van der Waals surface area contributed by atoms with Crippen molar-refractivity contribution >= 4 is 23.0 Å². The minimum Gasteiger partial charge on any atom is -0.493 e. The van der Waals surface area contributed by atoms with Crippen molar-refractivity contribution in [2.75, 3.05) is 27.3 Å². The molecule has 6 aliphatic rings. The molecule has 0 aliphatic heterocycles. The highest BCUT2D eigenvalue weighted by atomic mass is 32.1. The van der Waals surface area contributed by atoms with Gasteiger partial charge in [-0.05, 0) is 116 Å². The molecule has 1 unspecified atom stereocenters. The number of ketones is 1. The summed E-state index contributed by atoms with van der Waals surface area (Å²) in [5.74, 6) is -1.53. The van der Waals surface area contributed by atoms with Crippen LogP contribution < -0.4 is 9.47 Å². The number of methoxy groups -OCH3 is 2. The molecular formula is C45H51F2NO6S. The number of fused-ring (bicyclic) bond motifs is 1. The number of halogens is 2. The third-order valence-corrected chi connectivity index (χ3v) is 15.9. The SMILES string of the molecule is COc1ccc(CC(=O)N(CCc2cccs2)C[C@]2(O)CC[C@H]3[C@]45C=C[C@@]6(C=C4C(=O)c4ccc(F)c(F)c4)CC(O)CC[C@]6(C)[C@H]5CC[C@@]32C)cc1OC. The predicted octanol–water partition coefficient (Wildman–Crippen LogP) is 8.13. The van der Waals surface area contributed by atoms with Gasteiger partial charge in [-0.15, -0.1) is 11.3 Å². The van der Waals surface area contributed by atoms with E-state index in [1.54, 1.807) is 31.6 Å². The van der Waals surface area contributed by atoms with Crippen LogP contribution in [-0.4, -0.2) is 65.8 Å². The Morgan fingerprint density at radius 1 is 0.909 bits per heavy atom. The van der Waals surface area contributed by atoms with Gasteiger partial charge in [0, 0.05) is 45.3 Å². The summed E-state index contributed by atoms with van der Waals surface area (Å²) < 4.78 is 39.7. The van der Waals surface area contributed by atoms with Crippen LogP contribution >= 0.6 is 11.3 Å². The summed E-state index contributed by atoms with van der Waals surface area (Å²) in [6.07, 6.45) is 11.2. The Morgan fingerprint density at radius 2 is 1.65 bits per heavy atom. The van der Waals surface area contributed by atoms with E-state index in [0.29, 0.717) is 62.1 Å². The molecule has 2 spiro atoms. The van der Waals surface area contributed by atoms with Gasteiger partial charge >= 0.3 is 0 Å². The number of benzene rings is 2. The Labute approximate surface area is 326 Å². The molecule has 1 heterocycles. The van der Waals surface area contributed by atoms with Crippen LogP contribution in [-0.2, 0) is 17.6 Å². The van der Waals surface area contributed by atoms with Gasteiger partial charge in [0.1, 0.15) is 0 Å². The highest BCUT2D eigenvalue weighted by molar-refractivity contribution is 7.09. The fourth-order valence-electron chi connectivity index (χ4n) is 12.0. The molecule has 0 saturated heterocycles. The van der Waals surface area contributed by atoms with Gasteiger partial charge in [-0.2, -0.15) is 0 Å². The first-order valence-electron chi connectivity index (χ1n) is 19.6. The monoisotopic (exact) mass is 771 g/mol. The van der Waals surface area contributed by atoms with E-state index in [2.05, 4.69) is 38.1 Å². The van der Waals surface area contributed by atoms with Gasteiger partial charge < -0.3 is 24.6 Å². The summed E-state index contributed by atoms with van der Waals surface area (Å²) in [5, 5.41) is 26.1. The fraction of sp³-hybridized carbons (Fsp3) is 0.511. The molecule has 0 radical (unpaired) electrons. The van der Waals surface area contributed by atoms with E-state index in [1.807, 2.05) is 28.5 Å². The summed E-state index contributed by atoms with van der Waals surface area (Å²) >= 11 is 1.64.